The van der Waals surface area contributed by atoms with Gasteiger partial charge in [0.2, 0.25) is 0 Å². The number of carbonyl (C=O) groups is 2. The Morgan fingerprint density at radius 1 is 0.348 bits per heavy atom. The Balaban J connectivity index is 3.52. The van der Waals surface area contributed by atoms with Crippen molar-refractivity contribution in [2.24, 2.45) is 0 Å². The summed E-state index contributed by atoms with van der Waals surface area (Å²) < 4.78 is 10.7. The van der Waals surface area contributed by atoms with Crippen LogP contribution >= 0.6 is 0 Å². The van der Waals surface area contributed by atoms with Gasteiger partial charge in [0.25, 0.3) is 0 Å². The van der Waals surface area contributed by atoms with Gasteiger partial charge >= 0.3 is 11.9 Å². The SMILES string of the molecule is CC/C=C\C/C=C\C/C=C\C/C=C\C/C=C\C/C=C\C/C=C\C/C=C\CCCCCCCCCCCCCCCCC(=O)OC(CO)COC(=O)CCCCCCC/C=C\CCCCCCCCC. The van der Waals surface area contributed by atoms with Crippen LogP contribution in [0.5, 0.6) is 0 Å². The van der Waals surface area contributed by atoms with E-state index in [0.717, 1.165) is 96.3 Å². The number of hydrogen-bond donors (Lipinski definition) is 1. The molecule has 0 rings (SSSR count). The first kappa shape index (κ1) is 65.6. The minimum absolute atomic E-state index is 0.0725. The van der Waals surface area contributed by atoms with Crippen molar-refractivity contribution in [1.82, 2.24) is 0 Å². The molecule has 0 fully saturated rings. The third kappa shape index (κ3) is 57.0. The second-order valence-electron chi connectivity index (χ2n) is 19.0. The molecule has 69 heavy (non-hydrogen) atoms. The van der Waals surface area contributed by atoms with E-state index in [-0.39, 0.29) is 25.2 Å². The smallest absolute Gasteiger partial charge is 0.306 e. The summed E-state index contributed by atoms with van der Waals surface area (Å²) in [5, 5.41) is 9.64. The zero-order valence-electron chi connectivity index (χ0n) is 45.0. The van der Waals surface area contributed by atoms with Gasteiger partial charge in [-0.1, -0.05) is 258 Å². The van der Waals surface area contributed by atoms with Gasteiger partial charge in [-0.25, -0.2) is 0 Å². The fourth-order valence-corrected chi connectivity index (χ4v) is 7.98. The Morgan fingerprint density at radius 2 is 0.623 bits per heavy atom. The van der Waals surface area contributed by atoms with Crippen molar-refractivity contribution < 1.29 is 24.2 Å². The highest BCUT2D eigenvalue weighted by Crippen LogP contribution is 2.15. The molecule has 0 saturated heterocycles. The van der Waals surface area contributed by atoms with Crippen molar-refractivity contribution in [3.05, 3.63) is 109 Å². The van der Waals surface area contributed by atoms with Gasteiger partial charge in [0.1, 0.15) is 6.61 Å². The third-order valence-corrected chi connectivity index (χ3v) is 12.3. The molecule has 1 N–H and O–H groups in total. The predicted octanol–water partition coefficient (Wildman–Crippen LogP) is 19.7. The summed E-state index contributed by atoms with van der Waals surface area (Å²) in [5.41, 5.74) is 0. The highest BCUT2D eigenvalue weighted by Gasteiger charge is 2.16. The van der Waals surface area contributed by atoms with E-state index in [1.54, 1.807) is 0 Å². The molecular formula is C64H108O5. The fourth-order valence-electron chi connectivity index (χ4n) is 7.98. The first-order valence-corrected chi connectivity index (χ1v) is 28.9. The van der Waals surface area contributed by atoms with Gasteiger partial charge in [-0.3, -0.25) is 9.59 Å². The summed E-state index contributed by atoms with van der Waals surface area (Å²) in [6.45, 7) is 4.02. The summed E-state index contributed by atoms with van der Waals surface area (Å²) in [6.07, 6.45) is 84.9. The van der Waals surface area contributed by atoms with Crippen molar-refractivity contribution in [3.8, 4) is 0 Å². The molecule has 0 aromatic carbocycles. The normalized spacial score (nSPS) is 13.0. The van der Waals surface area contributed by atoms with Gasteiger partial charge in [-0.05, 0) is 103 Å². The molecule has 0 saturated carbocycles. The van der Waals surface area contributed by atoms with Gasteiger partial charge in [-0.15, -0.1) is 0 Å². The van der Waals surface area contributed by atoms with Crippen LogP contribution in [0.1, 0.15) is 264 Å². The summed E-state index contributed by atoms with van der Waals surface area (Å²) in [7, 11) is 0. The number of unbranched alkanes of at least 4 members (excludes halogenated alkanes) is 26. The van der Waals surface area contributed by atoms with E-state index in [4.69, 9.17) is 9.47 Å². The zero-order valence-corrected chi connectivity index (χ0v) is 45.0. The molecule has 0 aliphatic heterocycles. The lowest BCUT2D eigenvalue weighted by molar-refractivity contribution is -0.161. The molecule has 0 amide bonds. The zero-order chi connectivity index (χ0) is 49.9. The molecule has 0 radical (unpaired) electrons. The van der Waals surface area contributed by atoms with Gasteiger partial charge in [0.05, 0.1) is 6.61 Å². The van der Waals surface area contributed by atoms with E-state index in [1.807, 2.05) is 0 Å². The first-order valence-electron chi connectivity index (χ1n) is 28.9. The van der Waals surface area contributed by atoms with Crippen LogP contribution in [-0.2, 0) is 19.1 Å². The Bertz CT molecular complexity index is 1360. The number of hydrogen-bond acceptors (Lipinski definition) is 5. The number of aliphatic hydroxyl groups excluding tert-OH is 1. The maximum absolute atomic E-state index is 12.3. The van der Waals surface area contributed by atoms with E-state index in [2.05, 4.69) is 123 Å². The van der Waals surface area contributed by atoms with Crippen LogP contribution in [0.4, 0.5) is 0 Å². The molecule has 0 heterocycles. The van der Waals surface area contributed by atoms with Gasteiger partial charge < -0.3 is 14.6 Å². The van der Waals surface area contributed by atoms with Crippen LogP contribution < -0.4 is 0 Å². The van der Waals surface area contributed by atoms with E-state index in [1.165, 1.54) is 141 Å². The number of carbonyl (C=O) groups excluding carboxylic acids is 2. The van der Waals surface area contributed by atoms with Crippen LogP contribution in [0, 0.1) is 0 Å². The highest BCUT2D eigenvalue weighted by atomic mass is 16.6. The van der Waals surface area contributed by atoms with E-state index < -0.39 is 6.10 Å². The van der Waals surface area contributed by atoms with Gasteiger partial charge in [0, 0.05) is 12.8 Å². The molecule has 394 valence electrons. The molecular weight excluding hydrogens is 849 g/mol. The minimum atomic E-state index is -0.780. The van der Waals surface area contributed by atoms with E-state index in [9.17, 15) is 14.7 Å². The van der Waals surface area contributed by atoms with Crippen LogP contribution in [0.3, 0.4) is 0 Å². The Hall–Kier alpha value is -3.44. The van der Waals surface area contributed by atoms with Crippen LogP contribution in [0.2, 0.25) is 0 Å². The highest BCUT2D eigenvalue weighted by molar-refractivity contribution is 5.70. The largest absolute Gasteiger partial charge is 0.462 e. The number of allylic oxidation sites excluding steroid dienone is 18. The molecule has 5 heteroatoms. The summed E-state index contributed by atoms with van der Waals surface area (Å²) in [4.78, 5) is 24.5. The van der Waals surface area contributed by atoms with Gasteiger partial charge in [-0.2, -0.15) is 0 Å². The lowest BCUT2D eigenvalue weighted by Crippen LogP contribution is -2.28. The molecule has 0 spiro atoms. The van der Waals surface area contributed by atoms with E-state index in [0.29, 0.717) is 12.8 Å². The quantitative estimate of drug-likeness (QED) is 0.0374. The molecule has 0 aromatic rings. The molecule has 0 aliphatic rings. The summed E-state index contributed by atoms with van der Waals surface area (Å²) in [5.74, 6) is -0.599. The van der Waals surface area contributed by atoms with Crippen molar-refractivity contribution in [2.45, 2.75) is 270 Å². The topological polar surface area (TPSA) is 72.8 Å². The molecule has 0 aliphatic carbocycles. The van der Waals surface area contributed by atoms with Crippen LogP contribution in [0.25, 0.3) is 0 Å². The second kappa shape index (κ2) is 58.9. The van der Waals surface area contributed by atoms with Crippen LogP contribution in [0.15, 0.2) is 109 Å². The lowest BCUT2D eigenvalue weighted by Gasteiger charge is -2.15. The Labute approximate surface area is 427 Å². The molecule has 1 atom stereocenters. The van der Waals surface area contributed by atoms with Crippen LogP contribution in [-0.4, -0.2) is 36.4 Å². The lowest BCUT2D eigenvalue weighted by atomic mass is 10.0. The Morgan fingerprint density at radius 3 is 0.957 bits per heavy atom. The number of ether oxygens (including phenoxy) is 2. The predicted molar refractivity (Wildman–Crippen MR) is 302 cm³/mol. The third-order valence-electron chi connectivity index (χ3n) is 12.3. The number of esters is 2. The van der Waals surface area contributed by atoms with Crippen molar-refractivity contribution in [2.75, 3.05) is 13.2 Å². The standard InChI is InChI=1S/C64H108O5/c1-3-5-7-9-11-13-15-17-19-21-22-23-24-25-26-27-28-29-30-31-32-33-34-35-36-37-38-39-40-41-42-43-45-47-49-51-53-55-57-59-64(67)69-62(60-65)61-68-63(66)58-56-54-52-50-48-46-44-20-18-16-14-12-10-8-6-4-2/h5,7,11,13,17,19-20,22-23,25-26,28-29,31-32,34-35,44,62,65H,3-4,6,8-10,12,14-16,18,21,24,27,30,33,36-43,45-61H2,1-2H3/b7-5-,13-11-,19-17-,23-22-,26-25-,29-28-,32-31-,35-34-,44-20-. The minimum Gasteiger partial charge on any atom is -0.462 e. The first-order chi connectivity index (χ1) is 34.1. The second-order valence-corrected chi connectivity index (χ2v) is 19.0. The molecule has 1 unspecified atom stereocenters. The summed E-state index contributed by atoms with van der Waals surface area (Å²) >= 11 is 0. The summed E-state index contributed by atoms with van der Waals surface area (Å²) in [6, 6.07) is 0. The fraction of sp³-hybridized carbons (Fsp3) is 0.688. The molecule has 0 bridgehead atoms. The van der Waals surface area contributed by atoms with Crippen molar-refractivity contribution in [3.63, 3.8) is 0 Å². The average Bonchev–Trinajstić information content (AvgIpc) is 3.35. The maximum atomic E-state index is 12.3. The molecule has 0 aromatic heterocycles. The maximum Gasteiger partial charge on any atom is 0.306 e. The Kier molecular flexibility index (Phi) is 55.9. The molecule has 5 nitrogen and oxygen atoms in total. The monoisotopic (exact) mass is 957 g/mol. The van der Waals surface area contributed by atoms with Crippen molar-refractivity contribution >= 4 is 11.9 Å². The van der Waals surface area contributed by atoms with Crippen molar-refractivity contribution in [1.29, 1.82) is 0 Å². The number of rotatable bonds is 52. The average molecular weight is 958 g/mol. The number of aliphatic hydroxyl groups is 1. The van der Waals surface area contributed by atoms with Gasteiger partial charge in [0.15, 0.2) is 6.10 Å². The van der Waals surface area contributed by atoms with E-state index >= 15 is 0 Å².